The zero-order valence-corrected chi connectivity index (χ0v) is 4.05. The molecular weight excluding hydrogens is 90.1 g/mol. The molecule has 0 aromatic heterocycles. The molecule has 0 fully saturated rings. The molecule has 39 valence electrons. The van der Waals surface area contributed by atoms with Crippen LogP contribution in [0.25, 0.3) is 0 Å². The summed E-state index contributed by atoms with van der Waals surface area (Å²) in [7, 11) is 0. The Morgan fingerprint density at radius 1 is 1.86 bits per heavy atom. The van der Waals surface area contributed by atoms with Gasteiger partial charge in [0.25, 0.3) is 0 Å². The van der Waals surface area contributed by atoms with Crippen molar-refractivity contribution in [2.45, 2.75) is 6.04 Å². The summed E-state index contributed by atoms with van der Waals surface area (Å²) in [4.78, 5) is 10.2. The Labute approximate surface area is 43.0 Å². The predicted octanol–water partition coefficient (Wildman–Crippen LogP) is -0.0971. The van der Waals surface area contributed by atoms with E-state index in [1.807, 2.05) is 0 Å². The van der Waals surface area contributed by atoms with E-state index < -0.39 is 6.04 Å². The van der Waals surface area contributed by atoms with E-state index in [1.54, 1.807) is 0 Å². The molecule has 0 spiro atoms. The summed E-state index contributed by atoms with van der Waals surface area (Å²) < 4.78 is 0. The second-order valence-corrected chi connectivity index (χ2v) is 1.21. The Kier molecular flexibility index (Phi) is 2.30. The quantitative estimate of drug-likeness (QED) is 0.490. The highest BCUT2D eigenvalue weighted by Gasteiger charge is 1.98. The van der Waals surface area contributed by atoms with Crippen LogP contribution in [-0.2, 0) is 4.79 Å². The first-order chi connectivity index (χ1) is 3.18. The fraction of sp³-hybridized carbons (Fsp3) is 0.200. The lowest BCUT2D eigenvalue weighted by Crippen LogP contribution is -2.24. The van der Waals surface area contributed by atoms with E-state index in [1.165, 1.54) is 0 Å². The number of rotatable bonds is 2. The normalized spacial score (nSPS) is 12.9. The van der Waals surface area contributed by atoms with Crippen LogP contribution < -0.4 is 5.73 Å². The van der Waals surface area contributed by atoms with Gasteiger partial charge in [-0.15, -0.1) is 0 Å². The minimum Gasteiger partial charge on any atom is -0.321 e. The summed E-state index contributed by atoms with van der Waals surface area (Å²) in [6.45, 7) is 6.48. The largest absolute Gasteiger partial charge is 0.321 e. The number of carbonyl (C=O) groups excluding carboxylic acids is 1. The molecule has 0 aromatic rings. The van der Waals surface area contributed by atoms with Crippen molar-refractivity contribution in [1.29, 1.82) is 0 Å². The molecule has 1 radical (unpaired) electrons. The fourth-order valence-corrected chi connectivity index (χ4v) is 0.151. The lowest BCUT2D eigenvalue weighted by Gasteiger charge is -1.93. The third kappa shape index (κ3) is 2.11. The van der Waals surface area contributed by atoms with E-state index in [9.17, 15) is 4.79 Å². The van der Waals surface area contributed by atoms with Crippen molar-refractivity contribution in [3.05, 3.63) is 19.6 Å². The van der Waals surface area contributed by atoms with Gasteiger partial charge < -0.3 is 5.73 Å². The van der Waals surface area contributed by atoms with Gasteiger partial charge in [-0.2, -0.15) is 0 Å². The van der Waals surface area contributed by atoms with Crippen molar-refractivity contribution >= 4 is 5.78 Å². The van der Waals surface area contributed by atoms with Gasteiger partial charge in [0.05, 0.1) is 6.04 Å². The predicted molar refractivity (Wildman–Crippen MR) is 28.5 cm³/mol. The fourth-order valence-electron chi connectivity index (χ4n) is 0.151. The number of carbonyl (C=O) groups is 1. The van der Waals surface area contributed by atoms with Crippen molar-refractivity contribution in [1.82, 2.24) is 0 Å². The van der Waals surface area contributed by atoms with Gasteiger partial charge in [-0.05, 0) is 13.0 Å². The second kappa shape index (κ2) is 2.53. The zero-order chi connectivity index (χ0) is 5.86. The first-order valence-corrected chi connectivity index (χ1v) is 1.93. The lowest BCUT2D eigenvalue weighted by atomic mass is 10.2. The van der Waals surface area contributed by atoms with E-state index in [4.69, 9.17) is 5.73 Å². The van der Waals surface area contributed by atoms with Crippen molar-refractivity contribution in [2.24, 2.45) is 5.73 Å². The second-order valence-electron chi connectivity index (χ2n) is 1.21. The molecule has 0 rings (SSSR count). The molecule has 0 aromatic carbocycles. The van der Waals surface area contributed by atoms with Gasteiger partial charge in [0.1, 0.15) is 0 Å². The molecule has 0 heterocycles. The van der Waals surface area contributed by atoms with E-state index in [-0.39, 0.29) is 5.78 Å². The van der Waals surface area contributed by atoms with Gasteiger partial charge in [-0.3, -0.25) is 4.79 Å². The van der Waals surface area contributed by atoms with Crippen LogP contribution in [-0.4, -0.2) is 11.8 Å². The van der Waals surface area contributed by atoms with Gasteiger partial charge in [0.15, 0.2) is 5.78 Å². The number of hydrogen-bond acceptors (Lipinski definition) is 2. The average molecular weight is 98.1 g/mol. The van der Waals surface area contributed by atoms with Gasteiger partial charge in [0.2, 0.25) is 0 Å². The third-order valence-corrected chi connectivity index (χ3v) is 0.567. The summed E-state index contributed by atoms with van der Waals surface area (Å²) in [5, 5.41) is 0. The minimum atomic E-state index is -0.641. The molecule has 0 saturated heterocycles. The van der Waals surface area contributed by atoms with Crippen molar-refractivity contribution in [3.63, 3.8) is 0 Å². The molecule has 0 aliphatic carbocycles. The topological polar surface area (TPSA) is 43.1 Å². The first-order valence-electron chi connectivity index (χ1n) is 1.93. The lowest BCUT2D eigenvalue weighted by molar-refractivity contribution is -0.114. The molecule has 2 heteroatoms. The Morgan fingerprint density at radius 2 is 2.29 bits per heavy atom. The van der Waals surface area contributed by atoms with E-state index in [2.05, 4.69) is 13.5 Å². The molecular formula is C5H8NO. The van der Waals surface area contributed by atoms with Crippen LogP contribution in [0.3, 0.4) is 0 Å². The van der Waals surface area contributed by atoms with Crippen LogP contribution in [0, 0.1) is 6.92 Å². The minimum absolute atomic E-state index is 0.222. The van der Waals surface area contributed by atoms with E-state index in [0.717, 1.165) is 6.08 Å². The van der Waals surface area contributed by atoms with Crippen LogP contribution in [0.4, 0.5) is 0 Å². The van der Waals surface area contributed by atoms with Crippen LogP contribution >= 0.6 is 0 Å². The van der Waals surface area contributed by atoms with Crippen LogP contribution in [0.15, 0.2) is 12.7 Å². The third-order valence-electron chi connectivity index (χ3n) is 0.567. The van der Waals surface area contributed by atoms with E-state index >= 15 is 0 Å². The van der Waals surface area contributed by atoms with Gasteiger partial charge in [-0.25, -0.2) is 0 Å². The summed E-state index contributed by atoms with van der Waals surface area (Å²) in [5.41, 5.74) is 5.01. The molecule has 2 nitrogen and oxygen atoms in total. The number of hydrogen-bond donors (Lipinski definition) is 1. The molecule has 0 saturated carbocycles. The smallest absolute Gasteiger partial charge is 0.171 e. The monoisotopic (exact) mass is 98.1 g/mol. The Bertz CT molecular complexity index is 86.1. The SMILES string of the molecule is [CH2]C(N)C(=O)C=C. The van der Waals surface area contributed by atoms with E-state index in [0.29, 0.717) is 0 Å². The van der Waals surface area contributed by atoms with Crippen LogP contribution in [0.2, 0.25) is 0 Å². The highest BCUT2D eigenvalue weighted by atomic mass is 16.1. The zero-order valence-electron chi connectivity index (χ0n) is 4.05. The summed E-state index contributed by atoms with van der Waals surface area (Å²) in [6.07, 6.45) is 1.16. The highest BCUT2D eigenvalue weighted by molar-refractivity contribution is 5.94. The first kappa shape index (κ1) is 6.37. The summed E-state index contributed by atoms with van der Waals surface area (Å²) in [6, 6.07) is -0.641. The maximum Gasteiger partial charge on any atom is 0.171 e. The molecule has 1 atom stereocenters. The van der Waals surface area contributed by atoms with Gasteiger partial charge in [-0.1, -0.05) is 6.58 Å². The molecule has 0 aliphatic heterocycles. The molecule has 2 N–H and O–H groups in total. The standard InChI is InChI=1S/C5H8NO/c1-3-5(7)4(2)6/h3-4H,1-2,6H2. The van der Waals surface area contributed by atoms with Gasteiger partial charge >= 0.3 is 0 Å². The van der Waals surface area contributed by atoms with Crippen molar-refractivity contribution in [3.8, 4) is 0 Å². The molecule has 0 aliphatic rings. The molecule has 0 bridgehead atoms. The van der Waals surface area contributed by atoms with Crippen LogP contribution in [0.1, 0.15) is 0 Å². The molecule has 0 amide bonds. The molecule has 1 unspecified atom stereocenters. The summed E-state index contributed by atoms with van der Waals surface area (Å²) in [5.74, 6) is -0.222. The Morgan fingerprint density at radius 3 is 2.29 bits per heavy atom. The van der Waals surface area contributed by atoms with Crippen LogP contribution in [0.5, 0.6) is 0 Å². The van der Waals surface area contributed by atoms with Gasteiger partial charge in [0, 0.05) is 0 Å². The highest BCUT2D eigenvalue weighted by Crippen LogP contribution is 1.76. The Balaban J connectivity index is 3.56. The van der Waals surface area contributed by atoms with Crippen molar-refractivity contribution < 1.29 is 4.79 Å². The maximum atomic E-state index is 10.2. The Hall–Kier alpha value is -0.630. The molecule has 7 heavy (non-hydrogen) atoms. The average Bonchev–Trinajstić information content (AvgIpc) is 1.65. The van der Waals surface area contributed by atoms with Crippen molar-refractivity contribution in [2.75, 3.05) is 0 Å². The number of ketones is 1. The summed E-state index contributed by atoms with van der Waals surface area (Å²) >= 11 is 0. The maximum absolute atomic E-state index is 10.2. The number of nitrogens with two attached hydrogens (primary N) is 1.